The van der Waals surface area contributed by atoms with E-state index in [-0.39, 0.29) is 11.8 Å². The summed E-state index contributed by atoms with van der Waals surface area (Å²) in [5.41, 5.74) is 3.39. The molecule has 2 amide bonds. The van der Waals surface area contributed by atoms with Crippen molar-refractivity contribution in [1.82, 2.24) is 9.88 Å². The van der Waals surface area contributed by atoms with Gasteiger partial charge in [-0.1, -0.05) is 30.3 Å². The number of amides is 2. The molecule has 0 radical (unpaired) electrons. The van der Waals surface area contributed by atoms with E-state index in [4.69, 9.17) is 4.42 Å². The number of aryl methyl sites for hydroxylation is 2. The average Bonchev–Trinajstić information content (AvgIpc) is 3.44. The van der Waals surface area contributed by atoms with Crippen LogP contribution in [-0.4, -0.2) is 16.4 Å². The number of carbonyl (C=O) groups excluding carboxylic acids is 2. The summed E-state index contributed by atoms with van der Waals surface area (Å²) in [7, 11) is 0. The molecule has 0 atom stereocenters. The summed E-state index contributed by atoms with van der Waals surface area (Å²) in [4.78, 5) is 25.1. The molecule has 0 bridgehead atoms. The Hall–Kier alpha value is -3.80. The summed E-state index contributed by atoms with van der Waals surface area (Å²) < 4.78 is 7.24. The van der Waals surface area contributed by atoms with Gasteiger partial charge < -0.3 is 19.6 Å². The third-order valence-electron chi connectivity index (χ3n) is 5.22. The molecule has 0 spiro atoms. The van der Waals surface area contributed by atoms with Crippen LogP contribution in [0.1, 0.15) is 35.2 Å². The number of fused-ring (bicyclic) bond motifs is 1. The minimum atomic E-state index is -0.164. The Morgan fingerprint density at radius 3 is 2.58 bits per heavy atom. The SMILES string of the molecule is CCn1c(C(=O)NCc2ccco2)cc2cc(NC(=O)CCc3ccccc3)ccc21. The predicted octanol–water partition coefficient (Wildman–Crippen LogP) is 4.76. The van der Waals surface area contributed by atoms with Crippen LogP contribution in [0.15, 0.2) is 77.4 Å². The molecule has 6 nitrogen and oxygen atoms in total. The normalized spacial score (nSPS) is 10.9. The lowest BCUT2D eigenvalue weighted by atomic mass is 10.1. The minimum Gasteiger partial charge on any atom is -0.467 e. The highest BCUT2D eigenvalue weighted by atomic mass is 16.3. The number of nitrogens with one attached hydrogen (secondary N) is 2. The Morgan fingerprint density at radius 1 is 1.00 bits per heavy atom. The third-order valence-corrected chi connectivity index (χ3v) is 5.22. The van der Waals surface area contributed by atoms with Crippen LogP contribution in [0, 0.1) is 0 Å². The number of benzene rings is 2. The van der Waals surface area contributed by atoms with Gasteiger partial charge in [0.05, 0.1) is 12.8 Å². The highest BCUT2D eigenvalue weighted by molar-refractivity contribution is 6.00. The molecule has 0 aliphatic carbocycles. The zero-order chi connectivity index (χ0) is 21.6. The summed E-state index contributed by atoms with van der Waals surface area (Å²) in [6, 6.07) is 21.1. The van der Waals surface area contributed by atoms with Crippen LogP contribution >= 0.6 is 0 Å². The Kier molecular flexibility index (Phi) is 6.17. The van der Waals surface area contributed by atoms with Gasteiger partial charge in [0.15, 0.2) is 0 Å². The van der Waals surface area contributed by atoms with Gasteiger partial charge in [-0.05, 0) is 55.3 Å². The van der Waals surface area contributed by atoms with Crippen LogP contribution < -0.4 is 10.6 Å². The molecule has 6 heteroatoms. The van der Waals surface area contributed by atoms with Crippen molar-refractivity contribution in [1.29, 1.82) is 0 Å². The van der Waals surface area contributed by atoms with E-state index in [1.807, 2.05) is 72.2 Å². The molecule has 0 fully saturated rings. The van der Waals surface area contributed by atoms with Crippen molar-refractivity contribution in [2.75, 3.05) is 5.32 Å². The molecule has 0 saturated carbocycles. The molecule has 0 unspecified atom stereocenters. The van der Waals surface area contributed by atoms with Crippen molar-refractivity contribution in [3.05, 3.63) is 90.0 Å². The maximum absolute atomic E-state index is 12.7. The van der Waals surface area contributed by atoms with Crippen molar-refractivity contribution < 1.29 is 14.0 Å². The first-order valence-electron chi connectivity index (χ1n) is 10.4. The summed E-state index contributed by atoms with van der Waals surface area (Å²) in [6.07, 6.45) is 2.69. The zero-order valence-corrected chi connectivity index (χ0v) is 17.4. The largest absolute Gasteiger partial charge is 0.467 e. The predicted molar refractivity (Wildman–Crippen MR) is 121 cm³/mol. The van der Waals surface area contributed by atoms with E-state index in [0.717, 1.165) is 22.2 Å². The molecule has 0 aliphatic rings. The minimum absolute atomic E-state index is 0.0328. The first-order valence-corrected chi connectivity index (χ1v) is 10.4. The van der Waals surface area contributed by atoms with Crippen LogP contribution in [0.2, 0.25) is 0 Å². The molecule has 4 rings (SSSR count). The van der Waals surface area contributed by atoms with Gasteiger partial charge in [-0.3, -0.25) is 9.59 Å². The Balaban J connectivity index is 1.45. The fourth-order valence-corrected chi connectivity index (χ4v) is 3.67. The van der Waals surface area contributed by atoms with Gasteiger partial charge in [-0.25, -0.2) is 0 Å². The van der Waals surface area contributed by atoms with E-state index in [0.29, 0.717) is 37.4 Å². The highest BCUT2D eigenvalue weighted by Gasteiger charge is 2.15. The summed E-state index contributed by atoms with van der Waals surface area (Å²) >= 11 is 0. The van der Waals surface area contributed by atoms with Crippen molar-refractivity contribution >= 4 is 28.4 Å². The van der Waals surface area contributed by atoms with Gasteiger partial charge in [0.25, 0.3) is 5.91 Å². The highest BCUT2D eigenvalue weighted by Crippen LogP contribution is 2.24. The molecule has 4 aromatic rings. The first kappa shape index (κ1) is 20.5. The lowest BCUT2D eigenvalue weighted by molar-refractivity contribution is -0.116. The fraction of sp³-hybridized carbons (Fsp3) is 0.200. The number of nitrogens with zero attached hydrogens (tertiary/aromatic N) is 1. The number of aromatic nitrogens is 1. The van der Waals surface area contributed by atoms with Crippen LogP contribution in [-0.2, 0) is 24.3 Å². The van der Waals surface area contributed by atoms with E-state index >= 15 is 0 Å². The molecule has 2 aromatic carbocycles. The molecular weight excluding hydrogens is 390 g/mol. The molecular formula is C25H25N3O3. The molecule has 2 aromatic heterocycles. The van der Waals surface area contributed by atoms with Gasteiger partial charge in [-0.2, -0.15) is 0 Å². The number of furan rings is 1. The second-order valence-electron chi connectivity index (χ2n) is 7.34. The number of hydrogen-bond acceptors (Lipinski definition) is 3. The number of rotatable bonds is 8. The van der Waals surface area contributed by atoms with Crippen molar-refractivity contribution in [3.8, 4) is 0 Å². The summed E-state index contributed by atoms with van der Waals surface area (Å²) in [5, 5.41) is 6.76. The molecule has 0 saturated heterocycles. The zero-order valence-electron chi connectivity index (χ0n) is 17.4. The average molecular weight is 415 g/mol. The van der Waals surface area contributed by atoms with E-state index in [1.54, 1.807) is 12.3 Å². The van der Waals surface area contributed by atoms with Crippen molar-refractivity contribution in [2.24, 2.45) is 0 Å². The van der Waals surface area contributed by atoms with Crippen molar-refractivity contribution in [3.63, 3.8) is 0 Å². The van der Waals surface area contributed by atoms with Gasteiger partial charge in [0.2, 0.25) is 5.91 Å². The quantitative estimate of drug-likeness (QED) is 0.436. The van der Waals surface area contributed by atoms with Gasteiger partial charge in [0.1, 0.15) is 11.5 Å². The van der Waals surface area contributed by atoms with Gasteiger partial charge in [0, 0.05) is 29.6 Å². The molecule has 158 valence electrons. The van der Waals surface area contributed by atoms with E-state index in [1.165, 1.54) is 0 Å². The Labute approximate surface area is 180 Å². The maximum atomic E-state index is 12.7. The van der Waals surface area contributed by atoms with Crippen LogP contribution in [0.4, 0.5) is 5.69 Å². The van der Waals surface area contributed by atoms with Crippen molar-refractivity contribution in [2.45, 2.75) is 32.9 Å². The van der Waals surface area contributed by atoms with Crippen LogP contribution in [0.25, 0.3) is 10.9 Å². The Morgan fingerprint density at radius 2 is 1.84 bits per heavy atom. The number of anilines is 1. The summed E-state index contributed by atoms with van der Waals surface area (Å²) in [5.74, 6) is 0.505. The molecule has 31 heavy (non-hydrogen) atoms. The molecule has 0 aliphatic heterocycles. The van der Waals surface area contributed by atoms with Gasteiger partial charge in [-0.15, -0.1) is 0 Å². The second kappa shape index (κ2) is 9.34. The van der Waals surface area contributed by atoms with Crippen LogP contribution in [0.3, 0.4) is 0 Å². The van der Waals surface area contributed by atoms with E-state index in [2.05, 4.69) is 10.6 Å². The standard InChI is InChI=1S/C25H25N3O3/c1-2-28-22-12-11-20(27-24(29)13-10-18-7-4-3-5-8-18)15-19(22)16-23(28)25(30)26-17-21-9-6-14-31-21/h3-9,11-12,14-16H,2,10,13,17H2,1H3,(H,26,30)(H,27,29). The lowest BCUT2D eigenvalue weighted by Crippen LogP contribution is -2.25. The Bertz CT molecular complexity index is 1180. The fourth-order valence-electron chi connectivity index (χ4n) is 3.67. The van der Waals surface area contributed by atoms with E-state index in [9.17, 15) is 9.59 Å². The molecule has 2 heterocycles. The second-order valence-corrected chi connectivity index (χ2v) is 7.34. The monoisotopic (exact) mass is 415 g/mol. The first-order chi connectivity index (χ1) is 15.1. The van der Waals surface area contributed by atoms with E-state index < -0.39 is 0 Å². The lowest BCUT2D eigenvalue weighted by Gasteiger charge is -2.09. The van der Waals surface area contributed by atoms with Gasteiger partial charge >= 0.3 is 0 Å². The van der Waals surface area contributed by atoms with Crippen LogP contribution in [0.5, 0.6) is 0 Å². The third kappa shape index (κ3) is 4.86. The topological polar surface area (TPSA) is 76.3 Å². The smallest absolute Gasteiger partial charge is 0.268 e. The maximum Gasteiger partial charge on any atom is 0.268 e. The number of hydrogen-bond donors (Lipinski definition) is 2. The number of carbonyl (C=O) groups is 2. The summed E-state index contributed by atoms with van der Waals surface area (Å²) in [6.45, 7) is 3.00. The molecule has 2 N–H and O–H groups in total.